The van der Waals surface area contributed by atoms with E-state index in [4.69, 9.17) is 21.3 Å². The summed E-state index contributed by atoms with van der Waals surface area (Å²) in [6, 6.07) is 5.76. The van der Waals surface area contributed by atoms with E-state index in [-0.39, 0.29) is 65.3 Å². The molecule has 0 radical (unpaired) electrons. The lowest BCUT2D eigenvalue weighted by molar-refractivity contribution is -0.213. The monoisotopic (exact) mass is 567 g/mol. The van der Waals surface area contributed by atoms with E-state index in [1.54, 1.807) is 23.1 Å². The number of carbonyl (C=O) groups is 1. The van der Waals surface area contributed by atoms with Gasteiger partial charge in [-0.2, -0.15) is 13.2 Å². The zero-order chi connectivity index (χ0) is 27.7. The number of nitrogens with one attached hydrogen (secondary N) is 1. The molecule has 0 spiro atoms. The average Bonchev–Trinajstić information content (AvgIpc) is 3.06. The molecule has 0 bridgehead atoms. The van der Waals surface area contributed by atoms with Gasteiger partial charge in [-0.05, 0) is 32.4 Å². The molecule has 39 heavy (non-hydrogen) atoms. The zero-order valence-electron chi connectivity index (χ0n) is 21.7. The highest BCUT2D eigenvalue weighted by atomic mass is 35.5. The number of nitrogens with zero attached hydrogens (tertiary/aromatic N) is 4. The Kier molecular flexibility index (Phi) is 6.47. The van der Waals surface area contributed by atoms with Crippen LogP contribution in [0.4, 0.5) is 23.4 Å². The first-order valence-electron chi connectivity index (χ1n) is 13.2. The summed E-state index contributed by atoms with van der Waals surface area (Å²) in [5.74, 6) is -1.63. The van der Waals surface area contributed by atoms with E-state index in [1.807, 2.05) is 23.6 Å². The largest absolute Gasteiger partial charge is 0.489 e. The molecule has 0 aliphatic carbocycles. The van der Waals surface area contributed by atoms with Gasteiger partial charge in [-0.25, -0.2) is 9.37 Å². The number of likely N-dealkylation sites (tertiary alicyclic amines) is 1. The fraction of sp³-hybridized carbons (Fsp3) is 0.556. The van der Waals surface area contributed by atoms with E-state index in [2.05, 4.69) is 5.32 Å². The van der Waals surface area contributed by atoms with Crippen molar-refractivity contribution in [1.82, 2.24) is 20.1 Å². The van der Waals surface area contributed by atoms with Gasteiger partial charge < -0.3 is 19.9 Å². The van der Waals surface area contributed by atoms with E-state index < -0.39 is 23.5 Å². The SMILES string of the molecule is CC1(C)CC(N2CC(C(F)(F)F)C2)CN1c1nc(-c2ccccc2F)c(Cl)c2c1C(=O)N1CCNCC1CO2. The van der Waals surface area contributed by atoms with Crippen LogP contribution in [0.15, 0.2) is 24.3 Å². The molecule has 2 aromatic rings. The third kappa shape index (κ3) is 4.52. The van der Waals surface area contributed by atoms with Gasteiger partial charge >= 0.3 is 6.18 Å². The number of aromatic nitrogens is 1. The number of fused-ring (bicyclic) bond motifs is 2. The summed E-state index contributed by atoms with van der Waals surface area (Å²) >= 11 is 6.81. The number of hydrogen-bond donors (Lipinski definition) is 1. The molecule has 1 N–H and O–H groups in total. The Morgan fingerprint density at radius 1 is 1.15 bits per heavy atom. The zero-order valence-corrected chi connectivity index (χ0v) is 22.4. The molecule has 1 aromatic heterocycles. The summed E-state index contributed by atoms with van der Waals surface area (Å²) in [4.78, 5) is 24.4. The number of benzene rings is 1. The van der Waals surface area contributed by atoms with E-state index in [1.165, 1.54) is 6.07 Å². The summed E-state index contributed by atoms with van der Waals surface area (Å²) < 4.78 is 60.7. The molecule has 0 saturated carbocycles. The van der Waals surface area contributed by atoms with Crippen molar-refractivity contribution in [2.75, 3.05) is 50.8 Å². The highest BCUT2D eigenvalue weighted by Crippen LogP contribution is 2.47. The van der Waals surface area contributed by atoms with Crippen molar-refractivity contribution in [1.29, 1.82) is 0 Å². The predicted octanol–water partition coefficient (Wildman–Crippen LogP) is 4.20. The molecule has 5 heterocycles. The number of carbonyl (C=O) groups excluding carboxylic acids is 1. The normalized spacial score (nSPS) is 25.6. The minimum absolute atomic E-state index is 0.0464. The van der Waals surface area contributed by atoms with Crippen LogP contribution in [0.1, 0.15) is 30.6 Å². The molecule has 210 valence electrons. The minimum atomic E-state index is -4.21. The molecule has 2 atom stereocenters. The van der Waals surface area contributed by atoms with Crippen LogP contribution in [0.25, 0.3) is 11.3 Å². The van der Waals surface area contributed by atoms with Gasteiger partial charge in [-0.1, -0.05) is 23.7 Å². The fourth-order valence-electron chi connectivity index (χ4n) is 6.23. The lowest BCUT2D eigenvalue weighted by Crippen LogP contribution is -2.57. The Balaban J connectivity index is 1.45. The number of anilines is 1. The van der Waals surface area contributed by atoms with Gasteiger partial charge in [0.25, 0.3) is 5.91 Å². The number of hydrogen-bond acceptors (Lipinski definition) is 6. The molecule has 4 aliphatic heterocycles. The minimum Gasteiger partial charge on any atom is -0.489 e. The maximum Gasteiger partial charge on any atom is 0.394 e. The summed E-state index contributed by atoms with van der Waals surface area (Å²) in [5.41, 5.74) is 0.00467. The standard InChI is InChI=1S/C27H30ClF4N5O2/c1-26(2)9-16(35-11-15(12-35)27(30,31)32)13-37(26)24-20-23(39-14-17-10-33-7-8-36(17)25(20)38)21(28)22(34-24)18-5-3-4-6-19(18)29/h3-6,15-17,33H,7-14H2,1-2H3. The van der Waals surface area contributed by atoms with Crippen molar-refractivity contribution >= 4 is 23.3 Å². The lowest BCUT2D eigenvalue weighted by Gasteiger charge is -2.43. The average molecular weight is 568 g/mol. The van der Waals surface area contributed by atoms with Gasteiger partial charge in [0, 0.05) is 56.4 Å². The molecule has 4 aliphatic rings. The predicted molar refractivity (Wildman–Crippen MR) is 139 cm³/mol. The van der Waals surface area contributed by atoms with Crippen LogP contribution in [0.5, 0.6) is 5.75 Å². The summed E-state index contributed by atoms with van der Waals surface area (Å²) in [5, 5.41) is 3.34. The van der Waals surface area contributed by atoms with Crippen LogP contribution in [0.2, 0.25) is 5.02 Å². The van der Waals surface area contributed by atoms with Crippen molar-refractivity contribution < 1.29 is 27.1 Å². The second-order valence-corrected chi connectivity index (χ2v) is 11.8. The first-order chi connectivity index (χ1) is 18.5. The molecule has 3 saturated heterocycles. The van der Waals surface area contributed by atoms with Crippen molar-refractivity contribution in [3.63, 3.8) is 0 Å². The number of alkyl halides is 3. The first kappa shape index (κ1) is 26.6. The molecule has 3 fully saturated rings. The molecule has 2 unspecified atom stereocenters. The third-order valence-corrected chi connectivity index (χ3v) is 8.80. The Morgan fingerprint density at radius 3 is 2.62 bits per heavy atom. The Labute approximate surface area is 229 Å². The Bertz CT molecular complexity index is 1300. The van der Waals surface area contributed by atoms with Crippen LogP contribution < -0.4 is 15.0 Å². The van der Waals surface area contributed by atoms with Crippen molar-refractivity contribution in [3.8, 4) is 17.0 Å². The second kappa shape index (κ2) is 9.49. The summed E-state index contributed by atoms with van der Waals surface area (Å²) in [7, 11) is 0. The topological polar surface area (TPSA) is 60.9 Å². The number of halogens is 5. The summed E-state index contributed by atoms with van der Waals surface area (Å²) in [6.07, 6.45) is -3.63. The quantitative estimate of drug-likeness (QED) is 0.561. The van der Waals surface area contributed by atoms with E-state index in [9.17, 15) is 22.4 Å². The molecular formula is C27H30ClF4N5O2. The van der Waals surface area contributed by atoms with Gasteiger partial charge in [0.05, 0.1) is 17.7 Å². The molecule has 6 rings (SSSR count). The summed E-state index contributed by atoms with van der Waals surface area (Å²) in [6.45, 7) is 6.13. The Hall–Kier alpha value is -2.63. The molecular weight excluding hydrogens is 538 g/mol. The first-order valence-corrected chi connectivity index (χ1v) is 13.5. The van der Waals surface area contributed by atoms with Crippen LogP contribution in [-0.4, -0.2) is 90.4 Å². The van der Waals surface area contributed by atoms with Crippen LogP contribution in [0.3, 0.4) is 0 Å². The van der Waals surface area contributed by atoms with Gasteiger partial charge in [0.1, 0.15) is 28.8 Å². The fourth-order valence-corrected chi connectivity index (χ4v) is 6.52. The maximum atomic E-state index is 15.0. The smallest absolute Gasteiger partial charge is 0.394 e. The van der Waals surface area contributed by atoms with Crippen molar-refractivity contribution in [2.45, 2.75) is 44.1 Å². The third-order valence-electron chi connectivity index (χ3n) is 8.45. The van der Waals surface area contributed by atoms with Gasteiger partial charge in [0.2, 0.25) is 0 Å². The van der Waals surface area contributed by atoms with E-state index in [0.717, 1.165) is 0 Å². The van der Waals surface area contributed by atoms with Gasteiger partial charge in [-0.3, -0.25) is 9.69 Å². The van der Waals surface area contributed by atoms with E-state index >= 15 is 0 Å². The van der Waals surface area contributed by atoms with Gasteiger partial charge in [-0.15, -0.1) is 0 Å². The van der Waals surface area contributed by atoms with Crippen LogP contribution >= 0.6 is 11.6 Å². The molecule has 12 heteroatoms. The van der Waals surface area contributed by atoms with Crippen molar-refractivity contribution in [2.24, 2.45) is 5.92 Å². The van der Waals surface area contributed by atoms with Crippen molar-refractivity contribution in [3.05, 3.63) is 40.7 Å². The lowest BCUT2D eigenvalue weighted by atomic mass is 9.93. The number of pyridine rings is 1. The second-order valence-electron chi connectivity index (χ2n) is 11.4. The highest BCUT2D eigenvalue weighted by molar-refractivity contribution is 6.35. The maximum absolute atomic E-state index is 15.0. The molecule has 1 amide bonds. The van der Waals surface area contributed by atoms with E-state index in [0.29, 0.717) is 38.4 Å². The van der Waals surface area contributed by atoms with Gasteiger partial charge in [0.15, 0.2) is 5.75 Å². The number of amides is 1. The molecule has 1 aromatic carbocycles. The highest BCUT2D eigenvalue weighted by Gasteiger charge is 2.52. The number of ether oxygens (including phenoxy) is 1. The van der Waals surface area contributed by atoms with Crippen LogP contribution in [0, 0.1) is 11.7 Å². The number of piperazine rings is 1. The number of rotatable bonds is 3. The van der Waals surface area contributed by atoms with Crippen LogP contribution in [-0.2, 0) is 0 Å². The molecule has 7 nitrogen and oxygen atoms in total. The Morgan fingerprint density at radius 2 is 1.90 bits per heavy atom.